The number of rotatable bonds is 4. The monoisotopic (exact) mass is 248 g/mol. The number of hydrogen-bond donors (Lipinski definition) is 1. The van der Waals surface area contributed by atoms with Crippen molar-refractivity contribution in [2.24, 2.45) is 5.73 Å². The Bertz CT molecular complexity index is 384. The Morgan fingerprint density at radius 2 is 1.94 bits per heavy atom. The maximum Gasteiger partial charge on any atom is 0.119 e. The minimum absolute atomic E-state index is 0.405. The van der Waals surface area contributed by atoms with Gasteiger partial charge in [0.05, 0.1) is 0 Å². The first-order chi connectivity index (χ1) is 8.65. The predicted octanol–water partition coefficient (Wildman–Crippen LogP) is 2.11. The van der Waals surface area contributed by atoms with Crippen LogP contribution in [-0.2, 0) is 0 Å². The molecule has 1 aliphatic heterocycles. The summed E-state index contributed by atoms with van der Waals surface area (Å²) in [6.45, 7) is 8.22. The topological polar surface area (TPSA) is 38.5 Å². The molecule has 3 nitrogen and oxygen atoms in total. The minimum Gasteiger partial charge on any atom is -0.492 e. The maximum absolute atomic E-state index is 5.89. The summed E-state index contributed by atoms with van der Waals surface area (Å²) in [5, 5.41) is 0. The fraction of sp³-hybridized carbons (Fsp3) is 0.600. The van der Waals surface area contributed by atoms with Crippen molar-refractivity contribution < 1.29 is 4.74 Å². The van der Waals surface area contributed by atoms with Gasteiger partial charge in [0.1, 0.15) is 12.4 Å². The summed E-state index contributed by atoms with van der Waals surface area (Å²) < 4.78 is 5.80. The molecule has 1 aromatic rings. The summed E-state index contributed by atoms with van der Waals surface area (Å²) in [4.78, 5) is 2.43. The van der Waals surface area contributed by atoms with Crippen LogP contribution in [0.25, 0.3) is 0 Å². The second-order valence-electron chi connectivity index (χ2n) is 5.27. The Labute approximate surface area is 110 Å². The molecule has 2 N–H and O–H groups in total. The lowest BCUT2D eigenvalue weighted by Gasteiger charge is -2.29. The Morgan fingerprint density at radius 1 is 1.22 bits per heavy atom. The van der Waals surface area contributed by atoms with Crippen molar-refractivity contribution in [3.63, 3.8) is 0 Å². The van der Waals surface area contributed by atoms with Gasteiger partial charge in [0.25, 0.3) is 0 Å². The number of hydrogen-bond acceptors (Lipinski definition) is 3. The molecule has 0 unspecified atom stereocenters. The van der Waals surface area contributed by atoms with Crippen LogP contribution in [-0.4, -0.2) is 37.2 Å². The molecule has 1 heterocycles. The van der Waals surface area contributed by atoms with Crippen molar-refractivity contribution in [3.8, 4) is 5.75 Å². The number of benzene rings is 1. The second-order valence-corrected chi connectivity index (χ2v) is 5.27. The summed E-state index contributed by atoms with van der Waals surface area (Å²) in [7, 11) is 0. The molecule has 18 heavy (non-hydrogen) atoms. The fourth-order valence-electron chi connectivity index (χ4n) is 2.27. The molecule has 1 fully saturated rings. The third-order valence-electron chi connectivity index (χ3n) is 3.79. The van der Waals surface area contributed by atoms with E-state index in [1.54, 1.807) is 0 Å². The Hall–Kier alpha value is -1.06. The number of aryl methyl sites for hydroxylation is 2. The van der Waals surface area contributed by atoms with Gasteiger partial charge in [-0.15, -0.1) is 0 Å². The molecule has 0 saturated carbocycles. The summed E-state index contributed by atoms with van der Waals surface area (Å²) in [6, 6.07) is 6.68. The largest absolute Gasteiger partial charge is 0.492 e. The second kappa shape index (κ2) is 6.21. The number of likely N-dealkylation sites (tertiary alicyclic amines) is 1. The van der Waals surface area contributed by atoms with Gasteiger partial charge in [-0.2, -0.15) is 0 Å². The highest BCUT2D eigenvalue weighted by molar-refractivity contribution is 5.33. The normalized spacial score (nSPS) is 17.9. The SMILES string of the molecule is Cc1ccc(OCCN2CCC(N)CC2)cc1C. The third-order valence-corrected chi connectivity index (χ3v) is 3.79. The lowest BCUT2D eigenvalue weighted by molar-refractivity contribution is 0.174. The van der Waals surface area contributed by atoms with Gasteiger partial charge in [-0.1, -0.05) is 6.07 Å². The van der Waals surface area contributed by atoms with E-state index in [9.17, 15) is 0 Å². The molecule has 0 aliphatic carbocycles. The molecule has 2 rings (SSSR count). The average Bonchev–Trinajstić information content (AvgIpc) is 2.36. The molecule has 100 valence electrons. The van der Waals surface area contributed by atoms with Crippen molar-refractivity contribution in [3.05, 3.63) is 29.3 Å². The first kappa shape index (κ1) is 13.4. The Kier molecular flexibility index (Phi) is 4.61. The number of piperidine rings is 1. The van der Waals surface area contributed by atoms with E-state index in [4.69, 9.17) is 10.5 Å². The van der Waals surface area contributed by atoms with Crippen molar-refractivity contribution in [1.82, 2.24) is 4.90 Å². The van der Waals surface area contributed by atoms with Gasteiger partial charge in [0.15, 0.2) is 0 Å². The average molecular weight is 248 g/mol. The van der Waals surface area contributed by atoms with Crippen molar-refractivity contribution >= 4 is 0 Å². The van der Waals surface area contributed by atoms with E-state index in [2.05, 4.69) is 36.9 Å². The zero-order valence-electron chi connectivity index (χ0n) is 11.5. The third kappa shape index (κ3) is 3.72. The van der Waals surface area contributed by atoms with Crippen LogP contribution < -0.4 is 10.5 Å². The Morgan fingerprint density at radius 3 is 2.61 bits per heavy atom. The van der Waals surface area contributed by atoms with E-state index in [0.717, 1.165) is 44.8 Å². The highest BCUT2D eigenvalue weighted by atomic mass is 16.5. The van der Waals surface area contributed by atoms with Crippen LogP contribution in [0.1, 0.15) is 24.0 Å². The van der Waals surface area contributed by atoms with Crippen LogP contribution in [0.2, 0.25) is 0 Å². The summed E-state index contributed by atoms with van der Waals surface area (Å²) in [5.74, 6) is 0.979. The summed E-state index contributed by atoms with van der Waals surface area (Å²) >= 11 is 0. The number of nitrogens with two attached hydrogens (primary N) is 1. The molecule has 1 aliphatic rings. The molecule has 0 bridgehead atoms. The van der Waals surface area contributed by atoms with E-state index in [0.29, 0.717) is 6.04 Å². The van der Waals surface area contributed by atoms with Crippen LogP contribution in [0, 0.1) is 13.8 Å². The minimum atomic E-state index is 0.405. The molecule has 0 aromatic heterocycles. The van der Waals surface area contributed by atoms with Gasteiger partial charge in [-0.3, -0.25) is 4.90 Å². The molecule has 0 amide bonds. The molecule has 1 aromatic carbocycles. The summed E-state index contributed by atoms with van der Waals surface area (Å²) in [5.41, 5.74) is 8.49. The van der Waals surface area contributed by atoms with Gasteiger partial charge in [0.2, 0.25) is 0 Å². The maximum atomic E-state index is 5.89. The van der Waals surface area contributed by atoms with E-state index >= 15 is 0 Å². The van der Waals surface area contributed by atoms with Crippen LogP contribution >= 0.6 is 0 Å². The van der Waals surface area contributed by atoms with E-state index in [1.807, 2.05) is 0 Å². The standard InChI is InChI=1S/C15H24N2O/c1-12-3-4-15(11-13(12)2)18-10-9-17-7-5-14(16)6-8-17/h3-4,11,14H,5-10,16H2,1-2H3. The quantitative estimate of drug-likeness (QED) is 0.887. The molecule has 3 heteroatoms. The van der Waals surface area contributed by atoms with Gasteiger partial charge >= 0.3 is 0 Å². The van der Waals surface area contributed by atoms with Crippen LogP contribution in [0.3, 0.4) is 0 Å². The Balaban J connectivity index is 1.73. The molecule has 1 saturated heterocycles. The molecule has 0 spiro atoms. The van der Waals surface area contributed by atoms with Gasteiger partial charge in [0, 0.05) is 12.6 Å². The van der Waals surface area contributed by atoms with Crippen LogP contribution in [0.5, 0.6) is 5.75 Å². The molecule has 0 radical (unpaired) electrons. The molecular weight excluding hydrogens is 224 g/mol. The predicted molar refractivity (Wildman–Crippen MR) is 75.1 cm³/mol. The first-order valence-corrected chi connectivity index (χ1v) is 6.83. The van der Waals surface area contributed by atoms with E-state index in [-0.39, 0.29) is 0 Å². The number of nitrogens with zero attached hydrogens (tertiary/aromatic N) is 1. The highest BCUT2D eigenvalue weighted by Crippen LogP contribution is 2.16. The summed E-state index contributed by atoms with van der Waals surface area (Å²) in [6.07, 6.45) is 2.23. The lowest BCUT2D eigenvalue weighted by Crippen LogP contribution is -2.41. The highest BCUT2D eigenvalue weighted by Gasteiger charge is 2.15. The van der Waals surface area contributed by atoms with Gasteiger partial charge < -0.3 is 10.5 Å². The van der Waals surface area contributed by atoms with Crippen molar-refractivity contribution in [2.45, 2.75) is 32.7 Å². The molecular formula is C15H24N2O. The van der Waals surface area contributed by atoms with Crippen molar-refractivity contribution in [1.29, 1.82) is 0 Å². The van der Waals surface area contributed by atoms with Crippen LogP contribution in [0.15, 0.2) is 18.2 Å². The first-order valence-electron chi connectivity index (χ1n) is 6.83. The zero-order chi connectivity index (χ0) is 13.0. The van der Waals surface area contributed by atoms with E-state index in [1.165, 1.54) is 11.1 Å². The smallest absolute Gasteiger partial charge is 0.119 e. The van der Waals surface area contributed by atoms with E-state index < -0.39 is 0 Å². The number of ether oxygens (including phenoxy) is 1. The zero-order valence-corrected chi connectivity index (χ0v) is 11.5. The fourth-order valence-corrected chi connectivity index (χ4v) is 2.27. The van der Waals surface area contributed by atoms with Crippen LogP contribution in [0.4, 0.5) is 0 Å². The van der Waals surface area contributed by atoms with Gasteiger partial charge in [-0.25, -0.2) is 0 Å². The lowest BCUT2D eigenvalue weighted by atomic mass is 10.1. The van der Waals surface area contributed by atoms with Crippen molar-refractivity contribution in [2.75, 3.05) is 26.2 Å². The molecule has 0 atom stereocenters. The van der Waals surface area contributed by atoms with Gasteiger partial charge in [-0.05, 0) is 63.0 Å².